The smallest absolute Gasteiger partial charge is 0.416 e. The Balaban J connectivity index is 1.33. The number of nitrogens with one attached hydrogen (secondary N) is 4. The molecule has 254 valence electrons. The Labute approximate surface area is 275 Å². The molecule has 0 unspecified atom stereocenters. The minimum Gasteiger partial charge on any atom is -0.508 e. The molecule has 1 heterocycles. The van der Waals surface area contributed by atoms with E-state index in [2.05, 4.69) is 36.2 Å². The van der Waals surface area contributed by atoms with Crippen LogP contribution in [-0.4, -0.2) is 64.7 Å². The summed E-state index contributed by atoms with van der Waals surface area (Å²) in [5.41, 5.74) is 1.04. The molecule has 0 fully saturated rings. The fourth-order valence-electron chi connectivity index (χ4n) is 4.20. The molecular formula is C33H36F3N7O5. The lowest BCUT2D eigenvalue weighted by Crippen LogP contribution is -2.23. The fourth-order valence-corrected chi connectivity index (χ4v) is 4.20. The van der Waals surface area contributed by atoms with Crippen molar-refractivity contribution in [2.75, 3.05) is 48.9 Å². The van der Waals surface area contributed by atoms with Crippen molar-refractivity contribution in [3.05, 3.63) is 89.5 Å². The van der Waals surface area contributed by atoms with Crippen LogP contribution in [0.25, 0.3) is 0 Å². The highest BCUT2D eigenvalue weighted by molar-refractivity contribution is 5.94. The van der Waals surface area contributed by atoms with Crippen LogP contribution in [0.15, 0.2) is 72.8 Å². The van der Waals surface area contributed by atoms with Gasteiger partial charge in [-0.05, 0) is 79.6 Å². The number of anilines is 5. The maximum absolute atomic E-state index is 13.0. The number of hydrogen-bond acceptors (Lipinski definition) is 11. The molecule has 0 aliphatic carbocycles. The lowest BCUT2D eigenvalue weighted by molar-refractivity contribution is -0.137. The van der Waals surface area contributed by atoms with Gasteiger partial charge >= 0.3 is 6.18 Å². The van der Waals surface area contributed by atoms with Gasteiger partial charge in [0.2, 0.25) is 17.8 Å². The SMILES string of the molecule is CC(=O)CCCOCCOCCNc1nc(Nc2ccc(O)cc2)nc(Nc2ccc(C(=O)NCc3cccc(C(F)(F)F)c3)cc2)n1. The molecule has 0 aliphatic rings. The first-order valence-electron chi connectivity index (χ1n) is 15.1. The van der Waals surface area contributed by atoms with E-state index in [4.69, 9.17) is 9.47 Å². The predicted molar refractivity (Wildman–Crippen MR) is 174 cm³/mol. The van der Waals surface area contributed by atoms with Gasteiger partial charge in [-0.1, -0.05) is 12.1 Å². The number of phenolic OH excluding ortho intramolecular Hbond substituents is 1. The number of hydrogen-bond donors (Lipinski definition) is 5. The number of carbonyl (C=O) groups excluding carboxylic acids is 2. The highest BCUT2D eigenvalue weighted by Crippen LogP contribution is 2.29. The zero-order chi connectivity index (χ0) is 34.4. The number of phenols is 1. The minimum atomic E-state index is -4.47. The molecule has 4 rings (SSSR count). The first-order valence-corrected chi connectivity index (χ1v) is 15.1. The summed E-state index contributed by atoms with van der Waals surface area (Å²) < 4.78 is 50.0. The second-order valence-corrected chi connectivity index (χ2v) is 10.5. The summed E-state index contributed by atoms with van der Waals surface area (Å²) >= 11 is 0. The number of alkyl halides is 3. The van der Waals surface area contributed by atoms with Gasteiger partial charge in [0.25, 0.3) is 5.91 Å². The third-order valence-corrected chi connectivity index (χ3v) is 6.59. The van der Waals surface area contributed by atoms with Crippen LogP contribution in [0.5, 0.6) is 5.75 Å². The molecule has 0 saturated heterocycles. The lowest BCUT2D eigenvalue weighted by Gasteiger charge is -2.12. The molecule has 0 saturated carbocycles. The molecule has 1 amide bonds. The number of ketones is 1. The number of aromatic nitrogens is 3. The van der Waals surface area contributed by atoms with Crippen LogP contribution < -0.4 is 21.3 Å². The number of benzene rings is 3. The van der Waals surface area contributed by atoms with Gasteiger partial charge < -0.3 is 40.6 Å². The summed E-state index contributed by atoms with van der Waals surface area (Å²) in [6, 6.07) is 17.5. The summed E-state index contributed by atoms with van der Waals surface area (Å²) in [5.74, 6) is 0.446. The van der Waals surface area contributed by atoms with Gasteiger partial charge in [0.15, 0.2) is 0 Å². The normalized spacial score (nSPS) is 11.2. The molecule has 0 radical (unpaired) electrons. The van der Waals surface area contributed by atoms with Crippen LogP contribution in [0.4, 0.5) is 42.4 Å². The molecule has 15 heteroatoms. The number of Topliss-reactive ketones (excluding diaryl/α,β-unsaturated/α-hetero) is 1. The maximum Gasteiger partial charge on any atom is 0.416 e. The summed E-state index contributed by atoms with van der Waals surface area (Å²) in [6.07, 6.45) is -3.29. The van der Waals surface area contributed by atoms with Crippen molar-refractivity contribution in [3.8, 4) is 5.75 Å². The monoisotopic (exact) mass is 667 g/mol. The molecule has 1 aromatic heterocycles. The van der Waals surface area contributed by atoms with Crippen molar-refractivity contribution >= 4 is 40.9 Å². The average molecular weight is 668 g/mol. The lowest BCUT2D eigenvalue weighted by atomic mass is 10.1. The van der Waals surface area contributed by atoms with Gasteiger partial charge in [-0.25, -0.2) is 0 Å². The van der Waals surface area contributed by atoms with Gasteiger partial charge in [0, 0.05) is 43.1 Å². The fraction of sp³-hybridized carbons (Fsp3) is 0.303. The highest BCUT2D eigenvalue weighted by Gasteiger charge is 2.30. The van der Waals surface area contributed by atoms with E-state index in [9.17, 15) is 27.9 Å². The first-order chi connectivity index (χ1) is 23.0. The third kappa shape index (κ3) is 12.1. The molecular weight excluding hydrogens is 631 g/mol. The molecule has 0 spiro atoms. The minimum absolute atomic E-state index is 0.0682. The van der Waals surface area contributed by atoms with E-state index in [-0.39, 0.29) is 35.9 Å². The standard InChI is InChI=1S/C33H36F3N7O5/c1-22(44)4-3-16-47-18-19-48-17-15-37-30-41-31(43-32(42-30)40-27-11-13-28(45)14-12-27)39-26-9-7-24(8-10-26)29(46)38-21-23-5-2-6-25(20-23)33(34,35)36/h2,5-14,20,45H,3-4,15-19,21H2,1H3,(H,38,46)(H3,37,39,40,41,42,43). The molecule has 3 aromatic carbocycles. The van der Waals surface area contributed by atoms with Gasteiger partial charge in [-0.15, -0.1) is 0 Å². The van der Waals surface area contributed by atoms with E-state index in [0.717, 1.165) is 12.1 Å². The number of nitrogens with zero attached hydrogens (tertiary/aromatic N) is 3. The van der Waals surface area contributed by atoms with E-state index in [1.807, 2.05) is 0 Å². The van der Waals surface area contributed by atoms with Crippen molar-refractivity contribution in [1.29, 1.82) is 0 Å². The van der Waals surface area contributed by atoms with Crippen molar-refractivity contribution in [2.45, 2.75) is 32.5 Å². The van der Waals surface area contributed by atoms with Gasteiger partial charge in [0.1, 0.15) is 11.5 Å². The van der Waals surface area contributed by atoms with Crippen molar-refractivity contribution in [3.63, 3.8) is 0 Å². The molecule has 0 aliphatic heterocycles. The maximum atomic E-state index is 13.0. The van der Waals surface area contributed by atoms with Crippen molar-refractivity contribution in [1.82, 2.24) is 20.3 Å². The largest absolute Gasteiger partial charge is 0.508 e. The highest BCUT2D eigenvalue weighted by atomic mass is 19.4. The molecule has 12 nitrogen and oxygen atoms in total. The number of ether oxygens (including phenoxy) is 2. The van der Waals surface area contributed by atoms with Crippen LogP contribution >= 0.6 is 0 Å². The summed E-state index contributed by atoms with van der Waals surface area (Å²) in [4.78, 5) is 36.9. The topological polar surface area (TPSA) is 160 Å². The summed E-state index contributed by atoms with van der Waals surface area (Å²) in [7, 11) is 0. The Bertz CT molecular complexity index is 1640. The van der Waals surface area contributed by atoms with E-state index < -0.39 is 17.6 Å². The van der Waals surface area contributed by atoms with Crippen LogP contribution in [0.2, 0.25) is 0 Å². The second kappa shape index (κ2) is 17.6. The summed E-state index contributed by atoms with van der Waals surface area (Å²) in [5, 5.41) is 21.5. The first kappa shape index (κ1) is 35.6. The van der Waals surface area contributed by atoms with E-state index in [1.165, 1.54) is 24.3 Å². The number of amides is 1. The zero-order valence-corrected chi connectivity index (χ0v) is 26.1. The predicted octanol–water partition coefficient (Wildman–Crippen LogP) is 5.83. The molecule has 5 N–H and O–H groups in total. The Kier molecular flexibility index (Phi) is 13.0. The number of carbonyl (C=O) groups is 2. The van der Waals surface area contributed by atoms with Crippen LogP contribution in [0.1, 0.15) is 41.3 Å². The third-order valence-electron chi connectivity index (χ3n) is 6.59. The molecule has 48 heavy (non-hydrogen) atoms. The molecule has 0 bridgehead atoms. The van der Waals surface area contributed by atoms with Crippen LogP contribution in [-0.2, 0) is 27.0 Å². The number of halogens is 3. The Morgan fingerprint density at radius 3 is 2.02 bits per heavy atom. The average Bonchev–Trinajstić information content (AvgIpc) is 3.05. The second-order valence-electron chi connectivity index (χ2n) is 10.5. The van der Waals surface area contributed by atoms with Gasteiger partial charge in [-0.2, -0.15) is 28.1 Å². The Morgan fingerprint density at radius 1 is 0.792 bits per heavy atom. The van der Waals surface area contributed by atoms with Crippen molar-refractivity contribution < 1.29 is 37.3 Å². The van der Waals surface area contributed by atoms with E-state index >= 15 is 0 Å². The molecule has 4 aromatic rings. The van der Waals surface area contributed by atoms with Gasteiger partial charge in [-0.3, -0.25) is 4.79 Å². The van der Waals surface area contributed by atoms with E-state index in [1.54, 1.807) is 43.3 Å². The van der Waals surface area contributed by atoms with Crippen LogP contribution in [0, 0.1) is 0 Å². The zero-order valence-electron chi connectivity index (χ0n) is 26.1. The van der Waals surface area contributed by atoms with Crippen LogP contribution in [0.3, 0.4) is 0 Å². The molecule has 0 atom stereocenters. The number of aromatic hydroxyl groups is 1. The van der Waals surface area contributed by atoms with Gasteiger partial charge in [0.05, 0.1) is 25.4 Å². The Hall–Kier alpha value is -5.28. The van der Waals surface area contributed by atoms with E-state index in [0.29, 0.717) is 68.3 Å². The Morgan fingerprint density at radius 2 is 1.40 bits per heavy atom. The number of rotatable bonds is 18. The summed E-state index contributed by atoms with van der Waals surface area (Å²) in [6.45, 7) is 3.51. The quantitative estimate of drug-likeness (QED) is 0.0642. The van der Waals surface area contributed by atoms with Crippen molar-refractivity contribution in [2.24, 2.45) is 0 Å².